The lowest BCUT2D eigenvalue weighted by Crippen LogP contribution is -2.61. The second-order valence-corrected chi connectivity index (χ2v) is 13.2. The fourth-order valence-corrected chi connectivity index (χ4v) is 6.48. The molecule has 3 amide bonds. The number of hydrogen-bond acceptors (Lipinski definition) is 6. The van der Waals surface area contributed by atoms with Crippen molar-refractivity contribution in [1.82, 2.24) is 24.9 Å². The van der Waals surface area contributed by atoms with E-state index in [9.17, 15) is 24.3 Å². The molecule has 3 rings (SSSR count). The Morgan fingerprint density at radius 1 is 0.923 bits per heavy atom. The van der Waals surface area contributed by atoms with Gasteiger partial charge in [-0.05, 0) is 70.0 Å². The predicted molar refractivity (Wildman–Crippen MR) is 150 cm³/mol. The zero-order chi connectivity index (χ0) is 29.1. The zero-order valence-electron chi connectivity index (χ0n) is 25.1. The number of amides is 3. The number of aliphatic carboxylic acids is 1. The molecule has 3 heterocycles. The van der Waals surface area contributed by atoms with Crippen molar-refractivity contribution in [3.05, 3.63) is 0 Å². The molecule has 0 saturated carbocycles. The average molecular weight is 550 g/mol. The third-order valence-corrected chi connectivity index (χ3v) is 8.98. The molecule has 3 aliphatic heterocycles. The van der Waals surface area contributed by atoms with E-state index in [-0.39, 0.29) is 41.8 Å². The summed E-state index contributed by atoms with van der Waals surface area (Å²) < 4.78 is 0. The first-order valence-electron chi connectivity index (χ1n) is 14.8. The molecule has 0 bridgehead atoms. The van der Waals surface area contributed by atoms with Crippen LogP contribution in [0.4, 0.5) is 0 Å². The monoisotopic (exact) mass is 549 g/mol. The third-order valence-electron chi connectivity index (χ3n) is 8.98. The van der Waals surface area contributed by atoms with Crippen LogP contribution in [0.3, 0.4) is 0 Å². The molecule has 2 N–H and O–H groups in total. The molecule has 39 heavy (non-hydrogen) atoms. The topological polar surface area (TPSA) is 113 Å². The van der Waals surface area contributed by atoms with Crippen LogP contribution in [-0.4, -0.2) is 119 Å². The highest BCUT2D eigenvalue weighted by Gasteiger charge is 2.43. The van der Waals surface area contributed by atoms with Gasteiger partial charge in [0.15, 0.2) is 0 Å². The summed E-state index contributed by atoms with van der Waals surface area (Å²) in [5.41, 5.74) is -0.483. The Bertz CT molecular complexity index is 903. The summed E-state index contributed by atoms with van der Waals surface area (Å²) in [4.78, 5) is 59.9. The molecule has 0 spiro atoms. The lowest BCUT2D eigenvalue weighted by molar-refractivity contribution is -0.150. The summed E-state index contributed by atoms with van der Waals surface area (Å²) >= 11 is 0. The van der Waals surface area contributed by atoms with Gasteiger partial charge < -0.3 is 20.2 Å². The number of piperidine rings is 1. The molecule has 3 fully saturated rings. The Labute approximate surface area is 234 Å². The Hall–Kier alpha value is -2.20. The first kappa shape index (κ1) is 31.3. The van der Waals surface area contributed by atoms with Crippen LogP contribution in [0.25, 0.3) is 0 Å². The maximum atomic E-state index is 14.0. The highest BCUT2D eigenvalue weighted by molar-refractivity contribution is 5.90. The minimum absolute atomic E-state index is 0.0937. The molecule has 0 radical (unpaired) electrons. The van der Waals surface area contributed by atoms with Crippen LogP contribution in [0.1, 0.15) is 79.6 Å². The highest BCUT2D eigenvalue weighted by atomic mass is 16.4. The first-order chi connectivity index (χ1) is 18.2. The van der Waals surface area contributed by atoms with Gasteiger partial charge >= 0.3 is 5.97 Å². The van der Waals surface area contributed by atoms with Gasteiger partial charge in [0.05, 0.1) is 12.1 Å². The Balaban J connectivity index is 1.74. The summed E-state index contributed by atoms with van der Waals surface area (Å²) in [5, 5.41) is 12.7. The lowest BCUT2D eigenvalue weighted by Gasteiger charge is -2.41. The van der Waals surface area contributed by atoms with Gasteiger partial charge in [-0.25, -0.2) is 4.79 Å². The van der Waals surface area contributed by atoms with E-state index < -0.39 is 23.5 Å². The molecule has 0 aromatic heterocycles. The van der Waals surface area contributed by atoms with Crippen LogP contribution in [0.5, 0.6) is 0 Å². The van der Waals surface area contributed by atoms with E-state index in [0.29, 0.717) is 32.4 Å². The van der Waals surface area contributed by atoms with Crippen LogP contribution in [0.15, 0.2) is 0 Å². The number of likely N-dealkylation sites (tertiary alicyclic amines) is 3. The Morgan fingerprint density at radius 3 is 2.13 bits per heavy atom. The van der Waals surface area contributed by atoms with E-state index in [2.05, 4.69) is 29.0 Å². The van der Waals surface area contributed by atoms with Gasteiger partial charge in [-0.2, -0.15) is 0 Å². The summed E-state index contributed by atoms with van der Waals surface area (Å²) in [5.74, 6) is -1.14. The fourth-order valence-electron chi connectivity index (χ4n) is 6.48. The van der Waals surface area contributed by atoms with Gasteiger partial charge in [0.2, 0.25) is 17.7 Å². The highest BCUT2D eigenvalue weighted by Crippen LogP contribution is 2.28. The van der Waals surface area contributed by atoms with Crippen LogP contribution < -0.4 is 5.32 Å². The van der Waals surface area contributed by atoms with Crippen molar-refractivity contribution in [3.8, 4) is 0 Å². The standard InChI is InChI=1S/C29H51N5O5/c1-19(2)23(18-33-16-10-13-21(33)26(36)34-17-11-14-22(34)28(38)39)32(7)27(37)24(29(3,4)5)30-25(35)20-12-8-9-15-31(20)6/h19-24H,8-18H2,1-7H3,(H,30,35)(H,38,39)/t20-,21+,22-,23-,24-/m1/s1. The molecule has 0 unspecified atom stereocenters. The molecule has 3 saturated heterocycles. The SMILES string of the molecule is CC(C)[C@@H](CN1CCC[C@H]1C(=O)N1CCC[C@@H]1C(=O)O)N(C)C(=O)[C@@H](NC(=O)[C@H]1CCCCN1C)C(C)(C)C. The van der Waals surface area contributed by atoms with Gasteiger partial charge in [0.1, 0.15) is 12.1 Å². The predicted octanol–water partition coefficient (Wildman–Crippen LogP) is 2.02. The second kappa shape index (κ2) is 13.0. The minimum atomic E-state index is -0.939. The molecule has 0 aromatic carbocycles. The summed E-state index contributed by atoms with van der Waals surface area (Å²) in [6, 6.07) is -2.18. The van der Waals surface area contributed by atoms with E-state index in [0.717, 1.165) is 38.8 Å². The number of likely N-dealkylation sites (N-methyl/N-ethyl adjacent to an activating group) is 2. The van der Waals surface area contributed by atoms with Crippen molar-refractivity contribution in [2.75, 3.05) is 40.3 Å². The summed E-state index contributed by atoms with van der Waals surface area (Å²) in [6.07, 6.45) is 5.64. The number of carboxylic acids is 1. The molecule has 10 nitrogen and oxygen atoms in total. The van der Waals surface area contributed by atoms with Crippen molar-refractivity contribution in [1.29, 1.82) is 0 Å². The van der Waals surface area contributed by atoms with Crippen molar-refractivity contribution in [2.45, 2.75) is 110 Å². The quantitative estimate of drug-likeness (QED) is 0.452. The Kier molecular flexibility index (Phi) is 10.4. The zero-order valence-corrected chi connectivity index (χ0v) is 25.1. The number of carboxylic acid groups (broad SMARTS) is 1. The summed E-state index contributed by atoms with van der Waals surface area (Å²) in [6.45, 7) is 12.7. The molecule has 0 aliphatic carbocycles. The van der Waals surface area contributed by atoms with Crippen molar-refractivity contribution in [2.24, 2.45) is 11.3 Å². The van der Waals surface area contributed by atoms with Gasteiger partial charge in [0.25, 0.3) is 0 Å². The van der Waals surface area contributed by atoms with Crippen LogP contribution >= 0.6 is 0 Å². The number of carbonyl (C=O) groups excluding carboxylic acids is 3. The second-order valence-electron chi connectivity index (χ2n) is 13.2. The smallest absolute Gasteiger partial charge is 0.326 e. The molecular weight excluding hydrogens is 498 g/mol. The Morgan fingerprint density at radius 2 is 1.54 bits per heavy atom. The van der Waals surface area contributed by atoms with Gasteiger partial charge in [-0.15, -0.1) is 0 Å². The van der Waals surface area contributed by atoms with E-state index in [1.54, 1.807) is 11.9 Å². The van der Waals surface area contributed by atoms with Crippen LogP contribution in [0, 0.1) is 11.3 Å². The third kappa shape index (κ3) is 7.31. The van der Waals surface area contributed by atoms with Gasteiger partial charge in [-0.1, -0.05) is 41.0 Å². The number of hydrogen-bond donors (Lipinski definition) is 2. The van der Waals surface area contributed by atoms with Crippen LogP contribution in [0.2, 0.25) is 0 Å². The van der Waals surface area contributed by atoms with Crippen molar-refractivity contribution in [3.63, 3.8) is 0 Å². The van der Waals surface area contributed by atoms with E-state index >= 15 is 0 Å². The summed E-state index contributed by atoms with van der Waals surface area (Å²) in [7, 11) is 3.77. The maximum Gasteiger partial charge on any atom is 0.326 e. The molecule has 0 aromatic rings. The number of carbonyl (C=O) groups is 4. The fraction of sp³-hybridized carbons (Fsp3) is 0.862. The van der Waals surface area contributed by atoms with E-state index in [4.69, 9.17) is 0 Å². The number of nitrogens with zero attached hydrogens (tertiary/aromatic N) is 4. The molecule has 222 valence electrons. The average Bonchev–Trinajstić information content (AvgIpc) is 3.54. The van der Waals surface area contributed by atoms with Crippen LogP contribution in [-0.2, 0) is 19.2 Å². The normalized spacial score (nSPS) is 26.5. The van der Waals surface area contributed by atoms with Crippen molar-refractivity contribution < 1.29 is 24.3 Å². The minimum Gasteiger partial charge on any atom is -0.480 e. The lowest BCUT2D eigenvalue weighted by atomic mass is 9.84. The maximum absolute atomic E-state index is 14.0. The van der Waals surface area contributed by atoms with E-state index in [1.165, 1.54) is 4.90 Å². The largest absolute Gasteiger partial charge is 0.480 e. The molecule has 10 heteroatoms. The molecule has 5 atom stereocenters. The first-order valence-corrected chi connectivity index (χ1v) is 14.8. The number of rotatable bonds is 9. The molecule has 3 aliphatic rings. The molecular formula is C29H51N5O5. The van der Waals surface area contributed by atoms with Gasteiger partial charge in [0, 0.05) is 26.2 Å². The number of nitrogens with one attached hydrogen (secondary N) is 1. The van der Waals surface area contributed by atoms with Crippen molar-refractivity contribution >= 4 is 23.7 Å². The van der Waals surface area contributed by atoms with Gasteiger partial charge in [-0.3, -0.25) is 24.2 Å². The van der Waals surface area contributed by atoms with E-state index in [1.807, 2.05) is 27.8 Å².